The Morgan fingerprint density at radius 3 is 2.37 bits per heavy atom. The highest BCUT2D eigenvalue weighted by Gasteiger charge is 2.24. The predicted octanol–water partition coefficient (Wildman–Crippen LogP) is 4.81. The van der Waals surface area contributed by atoms with Gasteiger partial charge in [-0.25, -0.2) is 9.37 Å². The molecule has 0 saturated carbocycles. The van der Waals surface area contributed by atoms with Gasteiger partial charge in [-0.15, -0.1) is 0 Å². The number of piperazine rings is 1. The first-order valence-electron chi connectivity index (χ1n) is 11.5. The third-order valence-corrected chi connectivity index (χ3v) is 7.12. The molecule has 1 aromatic heterocycles. The van der Waals surface area contributed by atoms with E-state index >= 15 is 0 Å². The predicted molar refractivity (Wildman–Crippen MR) is 137 cm³/mol. The van der Waals surface area contributed by atoms with Crippen molar-refractivity contribution in [3.63, 3.8) is 0 Å². The van der Waals surface area contributed by atoms with Crippen molar-refractivity contribution in [3.05, 3.63) is 84.2 Å². The van der Waals surface area contributed by atoms with Crippen molar-refractivity contribution < 1.29 is 14.0 Å². The molecule has 0 atom stereocenters. The van der Waals surface area contributed by atoms with Crippen molar-refractivity contribution in [3.8, 4) is 5.69 Å². The number of imidazole rings is 1. The molecule has 5 rings (SSSR count). The number of ketones is 1. The van der Waals surface area contributed by atoms with Crippen molar-refractivity contribution in [1.29, 1.82) is 0 Å². The van der Waals surface area contributed by atoms with Gasteiger partial charge in [0, 0.05) is 37.4 Å². The van der Waals surface area contributed by atoms with E-state index in [2.05, 4.69) is 4.57 Å². The second-order valence-corrected chi connectivity index (χ2v) is 9.38. The smallest absolute Gasteiger partial charge is 0.233 e. The number of halogens is 1. The van der Waals surface area contributed by atoms with Crippen LogP contribution in [0, 0.1) is 5.82 Å². The monoisotopic (exact) mass is 488 g/mol. The fraction of sp³-hybridized carbons (Fsp3) is 0.222. The molecule has 0 aliphatic carbocycles. The van der Waals surface area contributed by atoms with Crippen LogP contribution in [0.25, 0.3) is 16.7 Å². The van der Waals surface area contributed by atoms with E-state index in [1.165, 1.54) is 24.8 Å². The van der Waals surface area contributed by atoms with Crippen LogP contribution in [0.15, 0.2) is 78.0 Å². The molecule has 0 spiro atoms. The molecule has 1 aliphatic heterocycles. The SMILES string of the molecule is CC(=O)c1ccc(N2CCN(C(=O)CSc3nc4ccccc4n3-c3ccccc3)CC2)c(F)c1. The molecule has 1 aliphatic rings. The van der Waals surface area contributed by atoms with Gasteiger partial charge in [0.15, 0.2) is 10.9 Å². The Labute approximate surface area is 207 Å². The molecule has 3 aromatic carbocycles. The quantitative estimate of drug-likeness (QED) is 0.288. The highest BCUT2D eigenvalue weighted by Crippen LogP contribution is 2.28. The van der Waals surface area contributed by atoms with Crippen LogP contribution in [-0.2, 0) is 4.79 Å². The molecule has 2 heterocycles. The average Bonchev–Trinajstić information content (AvgIpc) is 3.26. The average molecular weight is 489 g/mol. The van der Waals surface area contributed by atoms with Gasteiger partial charge in [-0.2, -0.15) is 0 Å². The molecule has 0 unspecified atom stereocenters. The molecule has 1 saturated heterocycles. The molecule has 0 bridgehead atoms. The third-order valence-electron chi connectivity index (χ3n) is 6.20. The number of anilines is 1. The lowest BCUT2D eigenvalue weighted by molar-refractivity contribution is -0.128. The maximum Gasteiger partial charge on any atom is 0.233 e. The summed E-state index contributed by atoms with van der Waals surface area (Å²) in [4.78, 5) is 33.0. The number of carbonyl (C=O) groups is 2. The van der Waals surface area contributed by atoms with E-state index in [-0.39, 0.29) is 17.4 Å². The van der Waals surface area contributed by atoms with Crippen molar-refractivity contribution in [1.82, 2.24) is 14.5 Å². The van der Waals surface area contributed by atoms with Gasteiger partial charge in [-0.3, -0.25) is 14.2 Å². The van der Waals surface area contributed by atoms with Gasteiger partial charge in [0.25, 0.3) is 0 Å². The number of hydrogen-bond acceptors (Lipinski definition) is 5. The van der Waals surface area contributed by atoms with Crippen LogP contribution in [0.5, 0.6) is 0 Å². The lowest BCUT2D eigenvalue weighted by Gasteiger charge is -2.36. The second-order valence-electron chi connectivity index (χ2n) is 8.43. The number of Topliss-reactive ketones (excluding diaryl/α,β-unsaturated/α-hetero) is 1. The topological polar surface area (TPSA) is 58.4 Å². The normalized spacial score (nSPS) is 13.9. The summed E-state index contributed by atoms with van der Waals surface area (Å²) in [5, 5.41) is 0.775. The summed E-state index contributed by atoms with van der Waals surface area (Å²) in [6.45, 7) is 3.53. The molecule has 8 heteroatoms. The number of amides is 1. The van der Waals surface area contributed by atoms with Gasteiger partial charge >= 0.3 is 0 Å². The van der Waals surface area contributed by atoms with E-state index in [0.717, 1.165) is 21.9 Å². The van der Waals surface area contributed by atoms with E-state index in [1.54, 1.807) is 12.1 Å². The van der Waals surface area contributed by atoms with E-state index in [9.17, 15) is 14.0 Å². The van der Waals surface area contributed by atoms with Crippen LogP contribution < -0.4 is 4.90 Å². The van der Waals surface area contributed by atoms with E-state index in [0.29, 0.717) is 37.4 Å². The molecule has 178 valence electrons. The lowest BCUT2D eigenvalue weighted by atomic mass is 10.1. The van der Waals surface area contributed by atoms with E-state index < -0.39 is 5.82 Å². The number of fused-ring (bicyclic) bond motifs is 1. The van der Waals surface area contributed by atoms with Crippen LogP contribution >= 0.6 is 11.8 Å². The molecule has 6 nitrogen and oxygen atoms in total. The zero-order valence-corrected chi connectivity index (χ0v) is 20.2. The number of thioether (sulfide) groups is 1. The van der Waals surface area contributed by atoms with Gasteiger partial charge in [-0.1, -0.05) is 42.1 Å². The summed E-state index contributed by atoms with van der Waals surface area (Å²) >= 11 is 1.43. The lowest BCUT2D eigenvalue weighted by Crippen LogP contribution is -2.49. The number of carbonyl (C=O) groups excluding carboxylic acids is 2. The summed E-state index contributed by atoms with van der Waals surface area (Å²) in [6, 6.07) is 22.5. The number of hydrogen-bond donors (Lipinski definition) is 0. The molecular weight excluding hydrogens is 463 g/mol. The fourth-order valence-corrected chi connectivity index (χ4v) is 5.25. The maximum absolute atomic E-state index is 14.5. The first kappa shape index (κ1) is 23.1. The summed E-state index contributed by atoms with van der Waals surface area (Å²) in [7, 11) is 0. The minimum atomic E-state index is -0.409. The Balaban J connectivity index is 1.25. The van der Waals surface area contributed by atoms with E-state index in [4.69, 9.17) is 4.98 Å². The van der Waals surface area contributed by atoms with Crippen LogP contribution in [0.3, 0.4) is 0 Å². The summed E-state index contributed by atoms with van der Waals surface area (Å²) in [5.74, 6) is -0.261. The highest BCUT2D eigenvalue weighted by atomic mass is 32.2. The Morgan fingerprint density at radius 1 is 0.943 bits per heavy atom. The minimum Gasteiger partial charge on any atom is -0.366 e. The molecular formula is C27H25FN4O2S. The van der Waals surface area contributed by atoms with Gasteiger partial charge in [0.1, 0.15) is 5.82 Å². The Hall–Kier alpha value is -3.65. The van der Waals surface area contributed by atoms with Crippen LogP contribution in [-0.4, -0.2) is 58.1 Å². The van der Waals surface area contributed by atoms with Crippen LogP contribution in [0.4, 0.5) is 10.1 Å². The van der Waals surface area contributed by atoms with E-state index in [1.807, 2.05) is 64.4 Å². The maximum atomic E-state index is 14.5. The van der Waals surface area contributed by atoms with Crippen molar-refractivity contribution in [2.45, 2.75) is 12.1 Å². The summed E-state index contributed by atoms with van der Waals surface area (Å²) in [5.41, 5.74) is 3.71. The molecule has 0 N–H and O–H groups in total. The van der Waals surface area contributed by atoms with Crippen LogP contribution in [0.1, 0.15) is 17.3 Å². The number of aromatic nitrogens is 2. The zero-order valence-electron chi connectivity index (χ0n) is 19.4. The first-order valence-corrected chi connectivity index (χ1v) is 12.5. The zero-order chi connectivity index (χ0) is 24.4. The Morgan fingerprint density at radius 2 is 1.66 bits per heavy atom. The number of para-hydroxylation sites is 3. The number of nitrogens with zero attached hydrogens (tertiary/aromatic N) is 4. The Kier molecular flexibility index (Phi) is 6.55. The molecule has 4 aromatic rings. The van der Waals surface area contributed by atoms with Crippen molar-refractivity contribution in [2.75, 3.05) is 36.8 Å². The minimum absolute atomic E-state index is 0.0358. The van der Waals surface area contributed by atoms with Gasteiger partial charge in [-0.05, 0) is 49.4 Å². The number of rotatable bonds is 6. The largest absolute Gasteiger partial charge is 0.366 e. The second kappa shape index (κ2) is 9.92. The third kappa shape index (κ3) is 4.79. The van der Waals surface area contributed by atoms with Crippen molar-refractivity contribution in [2.24, 2.45) is 0 Å². The Bertz CT molecular complexity index is 1380. The highest BCUT2D eigenvalue weighted by molar-refractivity contribution is 7.99. The summed E-state index contributed by atoms with van der Waals surface area (Å²) in [6.07, 6.45) is 0. The van der Waals surface area contributed by atoms with Gasteiger partial charge < -0.3 is 9.80 Å². The standard InChI is InChI=1S/C27H25FN4O2S/c1-19(33)20-11-12-24(22(28)17-20)30-13-15-31(16-14-30)26(34)18-35-27-29-23-9-5-6-10-25(23)32(27)21-7-3-2-4-8-21/h2-12,17H,13-16,18H2,1H3. The summed E-state index contributed by atoms with van der Waals surface area (Å²) < 4.78 is 16.6. The van der Waals surface area contributed by atoms with Crippen molar-refractivity contribution >= 4 is 40.2 Å². The molecule has 0 radical (unpaired) electrons. The molecule has 1 fully saturated rings. The number of benzene rings is 3. The van der Waals surface area contributed by atoms with Crippen LogP contribution in [0.2, 0.25) is 0 Å². The first-order chi connectivity index (χ1) is 17.0. The molecule has 35 heavy (non-hydrogen) atoms. The van der Waals surface area contributed by atoms with Gasteiger partial charge in [0.05, 0.1) is 22.5 Å². The fourth-order valence-electron chi connectivity index (χ4n) is 4.32. The van der Waals surface area contributed by atoms with Gasteiger partial charge in [0.2, 0.25) is 5.91 Å². The molecule has 1 amide bonds.